The van der Waals surface area contributed by atoms with Crippen molar-refractivity contribution in [2.75, 3.05) is 0 Å². The summed E-state index contributed by atoms with van der Waals surface area (Å²) >= 11 is 3.76. The second-order valence-electron chi connectivity index (χ2n) is 3.07. The van der Waals surface area contributed by atoms with Crippen molar-refractivity contribution in [3.63, 3.8) is 0 Å². The van der Waals surface area contributed by atoms with Crippen molar-refractivity contribution in [1.29, 1.82) is 0 Å². The average molecular weight is 504 g/mol. The van der Waals surface area contributed by atoms with E-state index in [1.54, 1.807) is 0 Å². The predicted molar refractivity (Wildman–Crippen MR) is 93.7 cm³/mol. The molecule has 2 aromatic carbocycles. The molecule has 0 spiro atoms. The van der Waals surface area contributed by atoms with Crippen molar-refractivity contribution in [2.24, 2.45) is 0 Å². The third-order valence-corrected chi connectivity index (χ3v) is 6.19. The predicted octanol–water partition coefficient (Wildman–Crippen LogP) is 4.29. The van der Waals surface area contributed by atoms with Crippen LogP contribution in [-0.4, -0.2) is 8.42 Å². The molecule has 0 saturated carbocycles. The fourth-order valence-electron chi connectivity index (χ4n) is 1.05. The molecule has 0 aliphatic heterocycles. The van der Waals surface area contributed by atoms with Crippen LogP contribution in [0.15, 0.2) is 70.5 Å². The van der Waals surface area contributed by atoms with E-state index in [4.69, 9.17) is 0 Å². The first-order chi connectivity index (χ1) is 8.61. The first-order valence-electron chi connectivity index (χ1n) is 4.87. The molecule has 0 aromatic heterocycles. The van der Waals surface area contributed by atoms with Gasteiger partial charge in [0.2, 0.25) is 0 Å². The molecule has 0 heterocycles. The third kappa shape index (κ3) is 6.39. The monoisotopic (exact) mass is 504 g/mol. The molecule has 0 N–H and O–H groups in total. The summed E-state index contributed by atoms with van der Waals surface area (Å²) < 4.78 is 21.5. The normalized spacial score (nSPS) is 13.0. The fourth-order valence-corrected chi connectivity index (χ4v) is 3.56. The van der Waals surface area contributed by atoms with Gasteiger partial charge in [-0.15, -0.1) is 0 Å². The number of hydrogen-bond acceptors (Lipinski definition) is 2. The molecule has 2 rings (SSSR count). The molecule has 2 aromatic rings. The smallest absolute Gasteiger partial charge is 0.115 e. The highest BCUT2D eigenvalue weighted by atomic mass is 127. The van der Waals surface area contributed by atoms with Gasteiger partial charge < -0.3 is 0 Å². The van der Waals surface area contributed by atoms with Gasteiger partial charge in [0, 0.05) is 52.2 Å². The van der Waals surface area contributed by atoms with Gasteiger partial charge in [0.05, 0.1) is 0 Å². The van der Waals surface area contributed by atoms with E-state index < -0.39 is 15.9 Å². The minimum atomic E-state index is -0.859. The number of benzene rings is 2. The van der Waals surface area contributed by atoms with Crippen LogP contribution < -0.4 is 0 Å². The summed E-state index contributed by atoms with van der Waals surface area (Å²) in [6.45, 7) is 0. The van der Waals surface area contributed by atoms with E-state index >= 15 is 0 Å². The molecule has 0 amide bonds. The van der Waals surface area contributed by atoms with E-state index in [0.717, 1.165) is 9.79 Å². The van der Waals surface area contributed by atoms with Crippen LogP contribution in [0.25, 0.3) is 0 Å². The molecule has 0 fully saturated rings. The molecule has 0 aliphatic rings. The summed E-state index contributed by atoms with van der Waals surface area (Å²) in [6, 6.07) is 18.7. The van der Waals surface area contributed by atoms with Gasteiger partial charge in [-0.3, -0.25) is 0 Å². The maximum absolute atomic E-state index is 10.7. The lowest BCUT2D eigenvalue weighted by Gasteiger charge is -1.88. The Morgan fingerprint density at radius 1 is 0.611 bits per heavy atom. The minimum Gasteiger partial charge on any atom is -0.243 e. The lowest BCUT2D eigenvalue weighted by Crippen LogP contribution is -1.76. The summed E-state index contributed by atoms with van der Waals surface area (Å²) in [4.78, 5) is 1.75. The van der Waals surface area contributed by atoms with E-state index in [2.05, 4.69) is 0 Å². The van der Waals surface area contributed by atoms with E-state index in [9.17, 15) is 8.42 Å². The molecule has 18 heavy (non-hydrogen) atoms. The van der Waals surface area contributed by atoms with Gasteiger partial charge in [0.1, 0.15) is 15.9 Å². The van der Waals surface area contributed by atoms with Gasteiger partial charge in [-0.2, -0.15) is 0 Å². The van der Waals surface area contributed by atoms with E-state index in [1.807, 2.05) is 103 Å². The standard InChI is InChI=1S/2C6H5IOS/c2*7-9(8)6-4-2-1-3-5-6/h2*1-5H. The highest BCUT2D eigenvalue weighted by Gasteiger charge is 1.93. The SMILES string of the molecule is O=S(I)c1ccccc1.O=S(I)c1ccccc1. The average Bonchev–Trinajstić information content (AvgIpc) is 2.41. The molecule has 96 valence electrons. The van der Waals surface area contributed by atoms with Gasteiger partial charge in [-0.1, -0.05) is 36.4 Å². The molecule has 0 saturated heterocycles. The second-order valence-corrected chi connectivity index (χ2v) is 9.71. The summed E-state index contributed by atoms with van der Waals surface area (Å²) in [7, 11) is -1.72. The van der Waals surface area contributed by atoms with Crippen molar-refractivity contribution in [3.05, 3.63) is 60.7 Å². The van der Waals surface area contributed by atoms with Crippen LogP contribution in [0.2, 0.25) is 0 Å². The zero-order valence-corrected chi connectivity index (χ0v) is 15.1. The van der Waals surface area contributed by atoms with Crippen LogP contribution in [0, 0.1) is 0 Å². The first-order valence-corrected chi connectivity index (χ1v) is 12.3. The van der Waals surface area contributed by atoms with Gasteiger partial charge in [-0.05, 0) is 24.3 Å². The van der Waals surface area contributed by atoms with E-state index in [1.165, 1.54) is 0 Å². The molecular formula is C12H10I2O2S2. The van der Waals surface area contributed by atoms with Crippen molar-refractivity contribution >= 4 is 58.4 Å². The molecule has 6 heteroatoms. The van der Waals surface area contributed by atoms with E-state index in [-0.39, 0.29) is 0 Å². The van der Waals surface area contributed by atoms with Gasteiger partial charge in [0.25, 0.3) is 0 Å². The maximum Gasteiger partial charge on any atom is 0.115 e. The first kappa shape index (κ1) is 16.3. The van der Waals surface area contributed by atoms with E-state index in [0.29, 0.717) is 0 Å². The van der Waals surface area contributed by atoms with Crippen molar-refractivity contribution in [3.8, 4) is 0 Å². The molecular weight excluding hydrogens is 494 g/mol. The van der Waals surface area contributed by atoms with Gasteiger partial charge in [0.15, 0.2) is 0 Å². The van der Waals surface area contributed by atoms with Crippen LogP contribution in [0.3, 0.4) is 0 Å². The molecule has 0 bridgehead atoms. The van der Waals surface area contributed by atoms with Crippen LogP contribution in [-0.2, 0) is 15.9 Å². The molecule has 0 aliphatic carbocycles. The Hall–Kier alpha value is 0.200. The Balaban J connectivity index is 0.000000180. The molecule has 2 nitrogen and oxygen atoms in total. The fraction of sp³-hybridized carbons (Fsp3) is 0. The molecule has 2 atom stereocenters. The minimum absolute atomic E-state index is 0.859. The van der Waals surface area contributed by atoms with Crippen molar-refractivity contribution in [1.82, 2.24) is 0 Å². The second kappa shape index (κ2) is 9.16. The van der Waals surface area contributed by atoms with Crippen LogP contribution in [0.4, 0.5) is 0 Å². The Bertz CT molecular complexity index is 469. The Morgan fingerprint density at radius 3 is 1.06 bits per heavy atom. The van der Waals surface area contributed by atoms with Crippen molar-refractivity contribution < 1.29 is 8.42 Å². The quantitative estimate of drug-likeness (QED) is 0.452. The van der Waals surface area contributed by atoms with Crippen LogP contribution in [0.5, 0.6) is 0 Å². The number of rotatable bonds is 2. The van der Waals surface area contributed by atoms with Gasteiger partial charge in [-0.25, -0.2) is 8.42 Å². The van der Waals surface area contributed by atoms with Crippen LogP contribution in [0.1, 0.15) is 0 Å². The maximum atomic E-state index is 10.7. The summed E-state index contributed by atoms with van der Waals surface area (Å²) in [6.07, 6.45) is 0. The summed E-state index contributed by atoms with van der Waals surface area (Å²) in [5, 5.41) is 0. The Morgan fingerprint density at radius 2 is 0.889 bits per heavy atom. The molecule has 0 radical (unpaired) electrons. The lowest BCUT2D eigenvalue weighted by molar-refractivity contribution is 0.692. The molecule has 2 unspecified atom stereocenters. The highest BCUT2D eigenvalue weighted by molar-refractivity contribution is 14.2. The third-order valence-electron chi connectivity index (χ3n) is 1.86. The number of hydrogen-bond donors (Lipinski definition) is 0. The largest absolute Gasteiger partial charge is 0.243 e. The summed E-state index contributed by atoms with van der Waals surface area (Å²) in [5.41, 5.74) is 0. The van der Waals surface area contributed by atoms with Crippen molar-refractivity contribution in [2.45, 2.75) is 9.79 Å². The lowest BCUT2D eigenvalue weighted by atomic mass is 10.4. The topological polar surface area (TPSA) is 34.1 Å². The van der Waals surface area contributed by atoms with Crippen LogP contribution >= 0.6 is 42.4 Å². The zero-order chi connectivity index (χ0) is 13.4. The Kier molecular flexibility index (Phi) is 8.27. The zero-order valence-electron chi connectivity index (χ0n) is 9.16. The number of halogens is 2. The Labute approximate surface area is 136 Å². The van der Waals surface area contributed by atoms with Gasteiger partial charge >= 0.3 is 0 Å². The highest BCUT2D eigenvalue weighted by Crippen LogP contribution is 2.10. The summed E-state index contributed by atoms with van der Waals surface area (Å²) in [5.74, 6) is 0.